The fourth-order valence-electron chi connectivity index (χ4n) is 1.95. The molecule has 2 N–H and O–H groups in total. The predicted molar refractivity (Wildman–Crippen MR) is 100 cm³/mol. The van der Waals surface area contributed by atoms with E-state index in [1.54, 1.807) is 42.3 Å². The normalized spacial score (nSPS) is 10.5. The number of amides is 2. The number of aromatic nitrogens is 1. The molecule has 1 heterocycles. The molecule has 0 aliphatic rings. The Morgan fingerprint density at radius 3 is 2.64 bits per heavy atom. The van der Waals surface area contributed by atoms with E-state index in [0.29, 0.717) is 18.7 Å². The first-order chi connectivity index (χ1) is 12.1. The molecule has 0 fully saturated rings. The minimum Gasteiger partial charge on any atom is -0.383 e. The molecule has 0 bridgehead atoms. The number of hydrogen-bond acceptors (Lipinski definition) is 6. The summed E-state index contributed by atoms with van der Waals surface area (Å²) in [5, 5.41) is 8.37. The predicted octanol–water partition coefficient (Wildman–Crippen LogP) is 2.24. The van der Waals surface area contributed by atoms with Crippen molar-refractivity contribution in [3.05, 3.63) is 45.9 Å². The maximum atomic E-state index is 12.0. The molecule has 0 spiro atoms. The van der Waals surface area contributed by atoms with E-state index >= 15 is 0 Å². The van der Waals surface area contributed by atoms with Crippen molar-refractivity contribution in [3.63, 3.8) is 0 Å². The molecule has 2 aromatic rings. The van der Waals surface area contributed by atoms with Crippen molar-refractivity contribution >= 4 is 34.9 Å². The van der Waals surface area contributed by atoms with Crippen molar-refractivity contribution in [3.8, 4) is 0 Å². The third-order valence-electron chi connectivity index (χ3n) is 3.21. The maximum absolute atomic E-state index is 12.0. The molecule has 1 aromatic carbocycles. The lowest BCUT2D eigenvalue weighted by Gasteiger charge is -2.07. The first-order valence-corrected chi connectivity index (χ1v) is 9.62. The molecule has 2 rings (SSSR count). The maximum Gasteiger partial charge on any atom is 0.251 e. The number of hydrogen-bond donors (Lipinski definition) is 2. The van der Waals surface area contributed by atoms with E-state index < -0.39 is 0 Å². The lowest BCUT2D eigenvalue weighted by molar-refractivity contribution is -0.120. The summed E-state index contributed by atoms with van der Waals surface area (Å²) in [6, 6.07) is 7.31. The van der Waals surface area contributed by atoms with Crippen LogP contribution in [0, 0.1) is 6.92 Å². The molecule has 0 atom stereocenters. The van der Waals surface area contributed by atoms with Crippen molar-refractivity contribution in [2.45, 2.75) is 17.6 Å². The summed E-state index contributed by atoms with van der Waals surface area (Å²) in [6.07, 6.45) is 0. The number of aryl methyl sites for hydroxylation is 1. The Kier molecular flexibility index (Phi) is 7.90. The summed E-state index contributed by atoms with van der Waals surface area (Å²) in [4.78, 5) is 29.1. The molecule has 0 saturated carbocycles. The van der Waals surface area contributed by atoms with Crippen LogP contribution in [0.15, 0.2) is 34.5 Å². The van der Waals surface area contributed by atoms with Gasteiger partial charge >= 0.3 is 0 Å². The van der Waals surface area contributed by atoms with Gasteiger partial charge in [0.1, 0.15) is 0 Å². The second-order valence-electron chi connectivity index (χ2n) is 5.20. The monoisotopic (exact) mass is 379 g/mol. The van der Waals surface area contributed by atoms with Crippen molar-refractivity contribution in [2.24, 2.45) is 0 Å². The van der Waals surface area contributed by atoms with E-state index in [9.17, 15) is 9.59 Å². The van der Waals surface area contributed by atoms with Gasteiger partial charge in [0.25, 0.3) is 5.91 Å². The van der Waals surface area contributed by atoms with Crippen LogP contribution in [-0.2, 0) is 15.3 Å². The van der Waals surface area contributed by atoms with E-state index in [-0.39, 0.29) is 18.4 Å². The minimum absolute atomic E-state index is 0.0533. The zero-order valence-corrected chi connectivity index (χ0v) is 15.8. The minimum atomic E-state index is -0.270. The Hall–Kier alpha value is -1.90. The van der Waals surface area contributed by atoms with Gasteiger partial charge in [-0.25, -0.2) is 4.98 Å². The Labute approximate surface area is 155 Å². The number of carbonyl (C=O) groups excluding carboxylic acids is 2. The molecular formula is C17H21N3O3S2. The van der Waals surface area contributed by atoms with Crippen molar-refractivity contribution in [2.75, 3.05) is 26.8 Å². The van der Waals surface area contributed by atoms with Gasteiger partial charge in [-0.05, 0) is 31.2 Å². The van der Waals surface area contributed by atoms with Gasteiger partial charge < -0.3 is 15.4 Å². The number of methoxy groups -OCH3 is 1. The first kappa shape index (κ1) is 19.4. The van der Waals surface area contributed by atoms with Crippen LogP contribution in [0.3, 0.4) is 0 Å². The zero-order chi connectivity index (χ0) is 18.1. The van der Waals surface area contributed by atoms with Gasteiger partial charge in [0.05, 0.1) is 23.9 Å². The average Bonchev–Trinajstić information content (AvgIpc) is 3.04. The zero-order valence-electron chi connectivity index (χ0n) is 14.2. The Morgan fingerprint density at radius 1 is 1.24 bits per heavy atom. The lowest BCUT2D eigenvalue weighted by Crippen LogP contribution is -2.38. The summed E-state index contributed by atoms with van der Waals surface area (Å²) < 4.78 is 4.84. The molecule has 6 nitrogen and oxygen atoms in total. The highest BCUT2D eigenvalue weighted by atomic mass is 32.2. The largest absolute Gasteiger partial charge is 0.383 e. The third-order valence-corrected chi connectivity index (χ3v) is 5.08. The summed E-state index contributed by atoms with van der Waals surface area (Å²) >= 11 is 3.32. The average molecular weight is 380 g/mol. The van der Waals surface area contributed by atoms with Crippen LogP contribution in [0.25, 0.3) is 0 Å². The first-order valence-electron chi connectivity index (χ1n) is 7.76. The van der Waals surface area contributed by atoms with Gasteiger partial charge in [0, 0.05) is 35.2 Å². The molecule has 0 unspecified atom stereocenters. The lowest BCUT2D eigenvalue weighted by atomic mass is 10.2. The molecule has 0 radical (unpaired) electrons. The second-order valence-corrected chi connectivity index (χ2v) is 7.31. The molecule has 1 aromatic heterocycles. The quantitative estimate of drug-likeness (QED) is 0.516. The summed E-state index contributed by atoms with van der Waals surface area (Å²) in [7, 11) is 1.56. The molecule has 25 heavy (non-hydrogen) atoms. The number of nitrogens with zero attached hydrogens (tertiary/aromatic N) is 1. The molecule has 134 valence electrons. The molecule has 8 heteroatoms. The molecule has 2 amide bonds. The highest BCUT2D eigenvalue weighted by Crippen LogP contribution is 2.23. The van der Waals surface area contributed by atoms with Gasteiger partial charge in [-0.1, -0.05) is 0 Å². The molecular weight excluding hydrogens is 358 g/mol. The highest BCUT2D eigenvalue weighted by molar-refractivity contribution is 7.98. The van der Waals surface area contributed by atoms with Crippen LogP contribution >= 0.6 is 23.1 Å². The van der Waals surface area contributed by atoms with Crippen LogP contribution in [0.1, 0.15) is 21.1 Å². The third kappa shape index (κ3) is 6.85. The van der Waals surface area contributed by atoms with Crippen LogP contribution in [-0.4, -0.2) is 43.6 Å². The summed E-state index contributed by atoms with van der Waals surface area (Å²) in [5.74, 6) is 0.294. The van der Waals surface area contributed by atoms with Crippen molar-refractivity contribution < 1.29 is 14.3 Å². The number of carbonyl (C=O) groups is 2. The number of nitrogens with one attached hydrogen (secondary N) is 2. The SMILES string of the molecule is COCCNC(=O)CNC(=O)c1ccc(SCc2csc(C)n2)cc1. The summed E-state index contributed by atoms with van der Waals surface area (Å²) in [5.41, 5.74) is 1.59. The fourth-order valence-corrected chi connectivity index (χ4v) is 3.46. The number of benzene rings is 1. The van der Waals surface area contributed by atoms with Crippen LogP contribution in [0.4, 0.5) is 0 Å². The van der Waals surface area contributed by atoms with E-state index in [2.05, 4.69) is 21.0 Å². The van der Waals surface area contributed by atoms with Gasteiger partial charge in [-0.15, -0.1) is 23.1 Å². The number of ether oxygens (including phenoxy) is 1. The van der Waals surface area contributed by atoms with E-state index in [1.165, 1.54) is 0 Å². The van der Waals surface area contributed by atoms with Crippen molar-refractivity contribution in [1.29, 1.82) is 0 Å². The summed E-state index contributed by atoms with van der Waals surface area (Å²) in [6.45, 7) is 2.81. The van der Waals surface area contributed by atoms with Gasteiger partial charge in [-0.3, -0.25) is 9.59 Å². The van der Waals surface area contributed by atoms with Crippen molar-refractivity contribution in [1.82, 2.24) is 15.6 Å². The highest BCUT2D eigenvalue weighted by Gasteiger charge is 2.08. The van der Waals surface area contributed by atoms with E-state index in [0.717, 1.165) is 21.3 Å². The standard InChI is InChI=1S/C17H21N3O3S2/c1-12-20-14(10-24-12)11-25-15-5-3-13(4-6-15)17(22)19-9-16(21)18-7-8-23-2/h3-6,10H,7-9,11H2,1-2H3,(H,18,21)(H,19,22). The Bertz CT molecular complexity index is 701. The topological polar surface area (TPSA) is 80.3 Å². The van der Waals surface area contributed by atoms with Gasteiger partial charge in [-0.2, -0.15) is 0 Å². The number of thiazole rings is 1. The Balaban J connectivity index is 1.76. The van der Waals surface area contributed by atoms with E-state index in [4.69, 9.17) is 4.74 Å². The van der Waals surface area contributed by atoms with Crippen LogP contribution in [0.5, 0.6) is 0 Å². The van der Waals surface area contributed by atoms with E-state index in [1.807, 2.05) is 19.1 Å². The van der Waals surface area contributed by atoms with Gasteiger partial charge in [0.15, 0.2) is 0 Å². The Morgan fingerprint density at radius 2 is 2.00 bits per heavy atom. The number of thioether (sulfide) groups is 1. The fraction of sp³-hybridized carbons (Fsp3) is 0.353. The number of rotatable bonds is 9. The molecule has 0 saturated heterocycles. The molecule has 0 aliphatic carbocycles. The van der Waals surface area contributed by atoms with Crippen LogP contribution < -0.4 is 10.6 Å². The smallest absolute Gasteiger partial charge is 0.251 e. The molecule has 0 aliphatic heterocycles. The van der Waals surface area contributed by atoms with Crippen LogP contribution in [0.2, 0.25) is 0 Å². The van der Waals surface area contributed by atoms with Gasteiger partial charge in [0.2, 0.25) is 5.91 Å². The second kappa shape index (κ2) is 10.2.